The number of hydrogen-bond acceptors (Lipinski definition) is 7. The maximum atomic E-state index is 12.8. The molecule has 0 aromatic heterocycles. The van der Waals surface area contributed by atoms with Crippen molar-refractivity contribution in [1.29, 1.82) is 0 Å². The summed E-state index contributed by atoms with van der Waals surface area (Å²) in [7, 11) is 0. The third-order valence-electron chi connectivity index (χ3n) is 6.53. The van der Waals surface area contributed by atoms with Gasteiger partial charge in [0.2, 0.25) is 0 Å². The molecular formula is C37H32N4O5. The van der Waals surface area contributed by atoms with E-state index in [2.05, 4.69) is 21.1 Å². The first-order valence-corrected chi connectivity index (χ1v) is 14.5. The van der Waals surface area contributed by atoms with E-state index in [9.17, 15) is 9.59 Å². The second-order valence-corrected chi connectivity index (χ2v) is 9.96. The Kier molecular flexibility index (Phi) is 11.2. The Labute approximate surface area is 267 Å². The van der Waals surface area contributed by atoms with Gasteiger partial charge < -0.3 is 14.2 Å². The molecule has 0 atom stereocenters. The number of ether oxygens (including phenoxy) is 3. The molecule has 9 nitrogen and oxygen atoms in total. The van der Waals surface area contributed by atoms with E-state index in [4.69, 9.17) is 14.2 Å². The van der Waals surface area contributed by atoms with Crippen LogP contribution in [0.15, 0.2) is 144 Å². The molecule has 5 rings (SSSR count). The Morgan fingerprint density at radius 2 is 1.02 bits per heavy atom. The van der Waals surface area contributed by atoms with Gasteiger partial charge >= 0.3 is 0 Å². The van der Waals surface area contributed by atoms with E-state index in [-0.39, 0.29) is 17.9 Å². The van der Waals surface area contributed by atoms with Gasteiger partial charge in [0.1, 0.15) is 30.5 Å². The molecule has 0 aliphatic heterocycles. The lowest BCUT2D eigenvalue weighted by Gasteiger charge is -2.09. The number of hydrogen-bond donors (Lipinski definition) is 2. The molecule has 2 amide bonds. The second-order valence-electron chi connectivity index (χ2n) is 9.96. The van der Waals surface area contributed by atoms with Gasteiger partial charge in [0, 0.05) is 0 Å². The van der Waals surface area contributed by atoms with Crippen molar-refractivity contribution in [3.05, 3.63) is 161 Å². The lowest BCUT2D eigenvalue weighted by Crippen LogP contribution is -2.25. The summed E-state index contributed by atoms with van der Waals surface area (Å²) in [5.74, 6) is 0.726. The van der Waals surface area contributed by atoms with Crippen LogP contribution in [0.5, 0.6) is 17.2 Å². The zero-order chi connectivity index (χ0) is 31.8. The van der Waals surface area contributed by atoms with Gasteiger partial charge in [-0.3, -0.25) is 9.59 Å². The van der Waals surface area contributed by atoms with E-state index in [0.717, 1.165) is 33.8 Å². The van der Waals surface area contributed by atoms with E-state index >= 15 is 0 Å². The van der Waals surface area contributed by atoms with Crippen LogP contribution in [0.4, 0.5) is 0 Å². The lowest BCUT2D eigenvalue weighted by molar-refractivity contribution is -0.123. The van der Waals surface area contributed by atoms with Gasteiger partial charge in [-0.2, -0.15) is 10.2 Å². The summed E-state index contributed by atoms with van der Waals surface area (Å²) in [6.07, 6.45) is 3.04. The molecule has 0 aliphatic rings. The molecule has 5 aromatic carbocycles. The van der Waals surface area contributed by atoms with Crippen molar-refractivity contribution in [3.8, 4) is 17.2 Å². The molecule has 0 radical (unpaired) electrons. The van der Waals surface area contributed by atoms with E-state index in [1.54, 1.807) is 24.3 Å². The number of rotatable bonds is 14. The van der Waals surface area contributed by atoms with Crippen molar-refractivity contribution in [3.63, 3.8) is 0 Å². The van der Waals surface area contributed by atoms with Crippen molar-refractivity contribution < 1.29 is 23.8 Å². The van der Waals surface area contributed by atoms with Gasteiger partial charge in [-0.05, 0) is 82.9 Å². The number of carbonyl (C=O) groups excluding carboxylic acids is 2. The molecule has 0 saturated heterocycles. The minimum atomic E-state index is -0.483. The van der Waals surface area contributed by atoms with E-state index in [1.165, 1.54) is 12.4 Å². The first-order chi connectivity index (χ1) is 22.6. The molecule has 0 heterocycles. The third-order valence-corrected chi connectivity index (χ3v) is 6.53. The molecule has 0 spiro atoms. The average Bonchev–Trinajstić information content (AvgIpc) is 3.11. The van der Waals surface area contributed by atoms with Crippen molar-refractivity contribution in [1.82, 2.24) is 10.9 Å². The van der Waals surface area contributed by atoms with Crippen molar-refractivity contribution in [2.75, 3.05) is 6.61 Å². The zero-order valence-corrected chi connectivity index (χ0v) is 24.9. The fourth-order valence-electron chi connectivity index (χ4n) is 4.14. The molecule has 46 heavy (non-hydrogen) atoms. The Balaban J connectivity index is 1.04. The number of amides is 2. The largest absolute Gasteiger partial charge is 0.489 e. The summed E-state index contributed by atoms with van der Waals surface area (Å²) in [4.78, 5) is 25.1. The molecular weight excluding hydrogens is 580 g/mol. The second kappa shape index (κ2) is 16.6. The SMILES string of the molecule is O=C(COc1ccccc1C(=O)N/N=C\c1ccc(OCc2ccccc2)cc1)N/N=C\c1ccc(OCc2ccccc2)cc1. The smallest absolute Gasteiger partial charge is 0.277 e. The Morgan fingerprint density at radius 3 is 1.57 bits per heavy atom. The van der Waals surface area contributed by atoms with Crippen molar-refractivity contribution >= 4 is 24.2 Å². The quantitative estimate of drug-likeness (QED) is 0.116. The van der Waals surface area contributed by atoms with E-state index in [1.807, 2.05) is 109 Å². The number of nitrogens with one attached hydrogen (secondary N) is 2. The van der Waals surface area contributed by atoms with Gasteiger partial charge in [-0.15, -0.1) is 0 Å². The molecule has 0 bridgehead atoms. The molecule has 5 aromatic rings. The molecule has 0 saturated carbocycles. The normalized spacial score (nSPS) is 10.9. The van der Waals surface area contributed by atoms with E-state index < -0.39 is 11.8 Å². The average molecular weight is 613 g/mol. The third kappa shape index (κ3) is 9.92. The highest BCUT2D eigenvalue weighted by molar-refractivity contribution is 5.97. The van der Waals surface area contributed by atoms with Gasteiger partial charge in [0.25, 0.3) is 11.8 Å². The Hall–Kier alpha value is -6.22. The summed E-state index contributed by atoms with van der Waals surface area (Å²) in [5.41, 5.74) is 8.87. The Bertz CT molecular complexity index is 1760. The van der Waals surface area contributed by atoms with Crippen LogP contribution in [-0.2, 0) is 18.0 Å². The monoisotopic (exact) mass is 612 g/mol. The first kappa shape index (κ1) is 31.2. The van der Waals surface area contributed by atoms with Gasteiger partial charge in [0.15, 0.2) is 6.61 Å². The highest BCUT2D eigenvalue weighted by atomic mass is 16.5. The van der Waals surface area contributed by atoms with Crippen LogP contribution in [0.1, 0.15) is 32.6 Å². The van der Waals surface area contributed by atoms with Gasteiger partial charge in [-0.1, -0.05) is 72.8 Å². The molecule has 230 valence electrons. The number of para-hydroxylation sites is 1. The molecule has 9 heteroatoms. The fourth-order valence-corrected chi connectivity index (χ4v) is 4.14. The number of benzene rings is 5. The lowest BCUT2D eigenvalue weighted by atomic mass is 10.2. The molecule has 2 N–H and O–H groups in total. The molecule has 0 unspecified atom stereocenters. The highest BCUT2D eigenvalue weighted by Crippen LogP contribution is 2.18. The number of nitrogens with zero attached hydrogens (tertiary/aromatic N) is 2. The van der Waals surface area contributed by atoms with Crippen molar-refractivity contribution in [2.24, 2.45) is 10.2 Å². The summed E-state index contributed by atoms with van der Waals surface area (Å²) >= 11 is 0. The summed E-state index contributed by atoms with van der Waals surface area (Å²) in [6.45, 7) is 0.612. The van der Waals surface area contributed by atoms with Crippen molar-refractivity contribution in [2.45, 2.75) is 13.2 Å². The first-order valence-electron chi connectivity index (χ1n) is 14.5. The minimum Gasteiger partial charge on any atom is -0.489 e. The van der Waals surface area contributed by atoms with Crippen LogP contribution in [0.25, 0.3) is 0 Å². The van der Waals surface area contributed by atoms with Crippen LogP contribution in [0, 0.1) is 0 Å². The minimum absolute atomic E-state index is 0.232. The number of hydrazone groups is 2. The summed E-state index contributed by atoms with van der Waals surface area (Å²) in [5, 5.41) is 8.03. The van der Waals surface area contributed by atoms with Crippen LogP contribution >= 0.6 is 0 Å². The van der Waals surface area contributed by atoms with E-state index in [0.29, 0.717) is 13.2 Å². The van der Waals surface area contributed by atoms with Crippen LogP contribution in [0.3, 0.4) is 0 Å². The topological polar surface area (TPSA) is 111 Å². The summed E-state index contributed by atoms with van der Waals surface area (Å²) in [6, 6.07) is 41.1. The van der Waals surface area contributed by atoms with Crippen LogP contribution in [-0.4, -0.2) is 30.9 Å². The van der Waals surface area contributed by atoms with Crippen LogP contribution < -0.4 is 25.1 Å². The van der Waals surface area contributed by atoms with Gasteiger partial charge in [-0.25, -0.2) is 10.9 Å². The zero-order valence-electron chi connectivity index (χ0n) is 24.9. The maximum absolute atomic E-state index is 12.8. The van der Waals surface area contributed by atoms with Crippen LogP contribution in [0.2, 0.25) is 0 Å². The van der Waals surface area contributed by atoms with Gasteiger partial charge in [0.05, 0.1) is 18.0 Å². The molecule has 0 aliphatic carbocycles. The highest BCUT2D eigenvalue weighted by Gasteiger charge is 2.13. The summed E-state index contributed by atoms with van der Waals surface area (Å²) < 4.78 is 17.2. The molecule has 0 fully saturated rings. The predicted molar refractivity (Wildman–Crippen MR) is 177 cm³/mol. The number of carbonyl (C=O) groups is 2. The standard InChI is InChI=1S/C37H32N4O5/c42-36(40-38-23-28-15-19-32(20-16-28)44-25-30-9-3-1-4-10-30)27-46-35-14-8-7-13-34(35)37(43)41-39-24-29-17-21-33(22-18-29)45-26-31-11-5-2-6-12-31/h1-24H,25-27H2,(H,40,42)(H,41,43)/b38-23-,39-24-. The maximum Gasteiger partial charge on any atom is 0.277 e. The predicted octanol–water partition coefficient (Wildman–Crippen LogP) is 6.14. The fraction of sp³-hybridized carbons (Fsp3) is 0.0811. The Morgan fingerprint density at radius 1 is 0.543 bits per heavy atom.